The molecule has 0 spiro atoms. The van der Waals surface area contributed by atoms with Gasteiger partial charge in [0.1, 0.15) is 0 Å². The van der Waals surface area contributed by atoms with Gasteiger partial charge in [-0.25, -0.2) is 0 Å². The number of ether oxygens (including phenoxy) is 1. The van der Waals surface area contributed by atoms with Crippen LogP contribution in [0, 0.1) is 0 Å². The molecule has 2 N–H and O–H groups in total. The number of hydrogen-bond donors (Lipinski definition) is 1. The minimum atomic E-state index is -0.0801. The third-order valence-electron chi connectivity index (χ3n) is 3.87. The predicted molar refractivity (Wildman–Crippen MR) is 85.3 cm³/mol. The van der Waals surface area contributed by atoms with Gasteiger partial charge in [-0.15, -0.1) is 0 Å². The molecule has 0 unspecified atom stereocenters. The lowest BCUT2D eigenvalue weighted by Crippen LogP contribution is -2.51. The highest BCUT2D eigenvalue weighted by molar-refractivity contribution is 6.37. The summed E-state index contributed by atoms with van der Waals surface area (Å²) >= 11 is 12.2. The molecular formula is C15H20Cl2N2O2. The van der Waals surface area contributed by atoms with Gasteiger partial charge >= 0.3 is 0 Å². The molecule has 1 amide bonds. The number of likely N-dealkylation sites (tertiary alicyclic amines) is 1. The van der Waals surface area contributed by atoms with Gasteiger partial charge in [0, 0.05) is 24.2 Å². The zero-order valence-corrected chi connectivity index (χ0v) is 13.7. The molecule has 0 bridgehead atoms. The van der Waals surface area contributed by atoms with E-state index in [1.807, 2.05) is 11.8 Å². The number of hydrogen-bond acceptors (Lipinski definition) is 3. The van der Waals surface area contributed by atoms with Crippen LogP contribution >= 0.6 is 23.2 Å². The van der Waals surface area contributed by atoms with Gasteiger partial charge in [-0.3, -0.25) is 4.79 Å². The summed E-state index contributed by atoms with van der Waals surface area (Å²) in [4.78, 5) is 14.6. The van der Waals surface area contributed by atoms with Crippen LogP contribution in [0.3, 0.4) is 0 Å². The van der Waals surface area contributed by atoms with Crippen LogP contribution in [0.1, 0.15) is 36.5 Å². The smallest absolute Gasteiger partial charge is 0.254 e. The molecule has 0 radical (unpaired) electrons. The number of nitrogens with two attached hydrogens (primary N) is 1. The fourth-order valence-electron chi connectivity index (χ4n) is 2.80. The second kappa shape index (κ2) is 6.86. The number of nitrogens with zero attached hydrogens (tertiary/aromatic N) is 1. The highest BCUT2D eigenvalue weighted by Gasteiger charge is 2.30. The summed E-state index contributed by atoms with van der Waals surface area (Å²) in [5.74, 6) is 0.306. The zero-order valence-electron chi connectivity index (χ0n) is 12.2. The van der Waals surface area contributed by atoms with Crippen molar-refractivity contribution in [2.75, 3.05) is 13.7 Å². The first kappa shape index (κ1) is 16.4. The number of methoxy groups -OCH3 is 1. The molecule has 0 aromatic heterocycles. The van der Waals surface area contributed by atoms with Crippen molar-refractivity contribution in [2.45, 2.75) is 38.3 Å². The molecule has 0 aliphatic carbocycles. The number of benzene rings is 1. The normalized spacial score (nSPS) is 20.2. The number of carbonyl (C=O) groups is 1. The number of rotatable bonds is 3. The number of carbonyl (C=O) groups excluding carboxylic acids is 1. The summed E-state index contributed by atoms with van der Waals surface area (Å²) in [5, 5.41) is 0.672. The lowest BCUT2D eigenvalue weighted by molar-refractivity contribution is 0.0584. The summed E-state index contributed by atoms with van der Waals surface area (Å²) < 4.78 is 5.11. The van der Waals surface area contributed by atoms with Crippen LogP contribution in [0.2, 0.25) is 10.0 Å². The van der Waals surface area contributed by atoms with Crippen LogP contribution in [-0.2, 0) is 0 Å². The molecule has 116 valence electrons. The van der Waals surface area contributed by atoms with E-state index in [0.717, 1.165) is 19.3 Å². The second-order valence-corrected chi connectivity index (χ2v) is 6.21. The van der Waals surface area contributed by atoms with Gasteiger partial charge < -0.3 is 15.4 Å². The molecule has 2 rings (SSSR count). The van der Waals surface area contributed by atoms with Crippen LogP contribution < -0.4 is 10.5 Å². The van der Waals surface area contributed by atoms with E-state index in [0.29, 0.717) is 27.9 Å². The van der Waals surface area contributed by atoms with Crippen molar-refractivity contribution in [3.05, 3.63) is 27.7 Å². The van der Waals surface area contributed by atoms with Crippen LogP contribution in [-0.4, -0.2) is 36.5 Å². The first-order valence-corrected chi connectivity index (χ1v) is 7.81. The van der Waals surface area contributed by atoms with E-state index in [2.05, 4.69) is 0 Å². The van der Waals surface area contributed by atoms with Crippen molar-refractivity contribution in [2.24, 2.45) is 5.73 Å². The van der Waals surface area contributed by atoms with Crippen LogP contribution in [0.4, 0.5) is 0 Å². The minimum Gasteiger partial charge on any atom is -0.494 e. The van der Waals surface area contributed by atoms with Crippen molar-refractivity contribution in [3.63, 3.8) is 0 Å². The number of piperidine rings is 1. The summed E-state index contributed by atoms with van der Waals surface area (Å²) in [6, 6.07) is 3.20. The van der Waals surface area contributed by atoms with Crippen molar-refractivity contribution in [3.8, 4) is 5.75 Å². The van der Waals surface area contributed by atoms with Gasteiger partial charge in [0.15, 0.2) is 5.75 Å². The molecule has 1 fully saturated rings. The standard InChI is InChI=1S/C15H20Cl2N2O2/c1-9(18)13-5-3-4-6-19(13)15(20)10-7-11(16)14(21-2)12(17)8-10/h7-9,13H,3-6,18H2,1-2H3/t9-,13-/m0/s1. The average Bonchev–Trinajstić information content (AvgIpc) is 2.46. The third-order valence-corrected chi connectivity index (χ3v) is 4.43. The zero-order chi connectivity index (χ0) is 15.6. The summed E-state index contributed by atoms with van der Waals surface area (Å²) in [6.07, 6.45) is 3.02. The maximum Gasteiger partial charge on any atom is 0.254 e. The fraction of sp³-hybridized carbons (Fsp3) is 0.533. The average molecular weight is 331 g/mol. The van der Waals surface area contributed by atoms with Crippen molar-refractivity contribution in [1.82, 2.24) is 4.90 Å². The Morgan fingerprint density at radius 2 is 2.00 bits per heavy atom. The number of amides is 1. The van der Waals surface area contributed by atoms with E-state index >= 15 is 0 Å². The van der Waals surface area contributed by atoms with E-state index in [1.54, 1.807) is 12.1 Å². The van der Waals surface area contributed by atoms with Gasteiger partial charge in [0.25, 0.3) is 5.91 Å². The number of halogens is 2. The Balaban J connectivity index is 2.30. The van der Waals surface area contributed by atoms with E-state index in [-0.39, 0.29) is 18.0 Å². The van der Waals surface area contributed by atoms with Crippen molar-refractivity contribution < 1.29 is 9.53 Å². The van der Waals surface area contributed by atoms with Crippen molar-refractivity contribution >= 4 is 29.1 Å². The Labute approximate surface area is 135 Å². The minimum absolute atomic E-state index is 0.0570. The molecule has 1 saturated heterocycles. The highest BCUT2D eigenvalue weighted by atomic mass is 35.5. The third kappa shape index (κ3) is 3.44. The van der Waals surface area contributed by atoms with Gasteiger partial charge in [-0.1, -0.05) is 23.2 Å². The molecule has 1 aliphatic rings. The lowest BCUT2D eigenvalue weighted by atomic mass is 9.96. The van der Waals surface area contributed by atoms with E-state index < -0.39 is 0 Å². The Morgan fingerprint density at radius 3 is 2.52 bits per heavy atom. The largest absolute Gasteiger partial charge is 0.494 e. The van der Waals surface area contributed by atoms with E-state index in [4.69, 9.17) is 33.7 Å². The highest BCUT2D eigenvalue weighted by Crippen LogP contribution is 2.34. The molecule has 1 aromatic carbocycles. The first-order chi connectivity index (χ1) is 9.95. The molecule has 0 saturated carbocycles. The molecule has 21 heavy (non-hydrogen) atoms. The molecule has 4 nitrogen and oxygen atoms in total. The van der Waals surface area contributed by atoms with E-state index in [1.165, 1.54) is 7.11 Å². The van der Waals surface area contributed by atoms with Gasteiger partial charge in [0.2, 0.25) is 0 Å². The monoisotopic (exact) mass is 330 g/mol. The van der Waals surface area contributed by atoms with Gasteiger partial charge in [-0.05, 0) is 38.3 Å². The first-order valence-electron chi connectivity index (χ1n) is 7.05. The summed E-state index contributed by atoms with van der Waals surface area (Å²) in [6.45, 7) is 2.65. The SMILES string of the molecule is COc1c(Cl)cc(C(=O)N2CCCC[C@H]2[C@H](C)N)cc1Cl. The molecular weight excluding hydrogens is 311 g/mol. The molecule has 1 aliphatic heterocycles. The van der Waals surface area contributed by atoms with Gasteiger partial charge in [0.05, 0.1) is 17.2 Å². The van der Waals surface area contributed by atoms with Crippen LogP contribution in [0.5, 0.6) is 5.75 Å². The molecule has 1 heterocycles. The quantitative estimate of drug-likeness (QED) is 0.924. The molecule has 1 aromatic rings. The Kier molecular flexibility index (Phi) is 5.36. The van der Waals surface area contributed by atoms with Crippen molar-refractivity contribution in [1.29, 1.82) is 0 Å². The second-order valence-electron chi connectivity index (χ2n) is 5.39. The van der Waals surface area contributed by atoms with E-state index in [9.17, 15) is 4.79 Å². The predicted octanol–water partition coefficient (Wildman–Crippen LogP) is 3.34. The Hall–Kier alpha value is -0.970. The maximum atomic E-state index is 12.7. The summed E-state index contributed by atoms with van der Waals surface area (Å²) in [7, 11) is 1.49. The van der Waals surface area contributed by atoms with Gasteiger partial charge in [-0.2, -0.15) is 0 Å². The summed E-state index contributed by atoms with van der Waals surface area (Å²) in [5.41, 5.74) is 6.48. The Morgan fingerprint density at radius 1 is 1.38 bits per heavy atom. The fourth-order valence-corrected chi connectivity index (χ4v) is 3.44. The lowest BCUT2D eigenvalue weighted by Gasteiger charge is -2.38. The maximum absolute atomic E-state index is 12.7. The van der Waals surface area contributed by atoms with Crippen LogP contribution in [0.15, 0.2) is 12.1 Å². The topological polar surface area (TPSA) is 55.6 Å². The molecule has 6 heteroatoms. The molecule has 2 atom stereocenters. The van der Waals surface area contributed by atoms with Crippen LogP contribution in [0.25, 0.3) is 0 Å². The Bertz CT molecular complexity index is 511.